The molecule has 0 aliphatic carbocycles. The van der Waals surface area contributed by atoms with Crippen molar-refractivity contribution in [2.45, 2.75) is 84.7 Å². The maximum Gasteiger partial charge on any atom is 0.242 e. The van der Waals surface area contributed by atoms with E-state index >= 15 is 0 Å². The van der Waals surface area contributed by atoms with Crippen LogP contribution in [-0.2, 0) is 18.8 Å². The van der Waals surface area contributed by atoms with Crippen LogP contribution in [0.15, 0.2) is 0 Å². The van der Waals surface area contributed by atoms with Gasteiger partial charge in [-0.1, -0.05) is 34.6 Å². The molecule has 0 bridgehead atoms. The summed E-state index contributed by atoms with van der Waals surface area (Å²) >= 11 is 0. The molecule has 0 fully saturated rings. The summed E-state index contributed by atoms with van der Waals surface area (Å²) in [7, 11) is 1.39. The Bertz CT molecular complexity index is 515. The first-order valence-corrected chi connectivity index (χ1v) is 12.9. The van der Waals surface area contributed by atoms with Crippen molar-refractivity contribution in [3.8, 4) is 0 Å². The molecule has 28 heavy (non-hydrogen) atoms. The van der Waals surface area contributed by atoms with Gasteiger partial charge < -0.3 is 20.0 Å². The minimum Gasteiger partial charge on any atom is -0.414 e. The lowest BCUT2D eigenvalue weighted by Gasteiger charge is -2.32. The molecule has 0 saturated heterocycles. The van der Waals surface area contributed by atoms with Gasteiger partial charge in [0.05, 0.1) is 19.1 Å². The first kappa shape index (κ1) is 26.6. The predicted molar refractivity (Wildman–Crippen MR) is 115 cm³/mol. The zero-order valence-electron chi connectivity index (χ0n) is 19.1. The van der Waals surface area contributed by atoms with Gasteiger partial charge in [0.15, 0.2) is 8.32 Å². The molecule has 0 spiro atoms. The molecule has 0 aliphatic rings. The monoisotopic (exact) mass is 415 g/mol. The van der Waals surface area contributed by atoms with Crippen molar-refractivity contribution >= 4 is 26.0 Å². The summed E-state index contributed by atoms with van der Waals surface area (Å²) in [6.45, 7) is 12.2. The summed E-state index contributed by atoms with van der Waals surface area (Å²) in [5, 5.41) is 0. The number of amides is 3. The van der Waals surface area contributed by atoms with Gasteiger partial charge in [0.2, 0.25) is 17.7 Å². The number of nitrogens with two attached hydrogens (primary N) is 1. The van der Waals surface area contributed by atoms with Crippen LogP contribution in [0.3, 0.4) is 0 Å². The zero-order valence-corrected chi connectivity index (χ0v) is 20.1. The van der Waals surface area contributed by atoms with E-state index < -0.39 is 20.3 Å². The number of nitrogens with zero attached hydrogens (tertiary/aromatic N) is 2. The van der Waals surface area contributed by atoms with Crippen LogP contribution in [0, 0.1) is 5.92 Å². The van der Waals surface area contributed by atoms with E-state index in [2.05, 4.69) is 20.8 Å². The van der Waals surface area contributed by atoms with Crippen LogP contribution in [-0.4, -0.2) is 68.6 Å². The number of hydrogen-bond acceptors (Lipinski definition) is 4. The van der Waals surface area contributed by atoms with Gasteiger partial charge in [-0.15, -0.1) is 0 Å². The van der Waals surface area contributed by atoms with Gasteiger partial charge in [-0.2, -0.15) is 0 Å². The highest BCUT2D eigenvalue weighted by Crippen LogP contribution is 2.24. The van der Waals surface area contributed by atoms with Crippen LogP contribution in [0.5, 0.6) is 0 Å². The molecule has 2 atom stereocenters. The van der Waals surface area contributed by atoms with E-state index in [0.29, 0.717) is 6.42 Å². The van der Waals surface area contributed by atoms with Crippen molar-refractivity contribution in [3.05, 3.63) is 0 Å². The molecule has 164 valence electrons. The van der Waals surface area contributed by atoms with E-state index in [-0.39, 0.29) is 36.8 Å². The lowest BCUT2D eigenvalue weighted by molar-refractivity contribution is -0.143. The molecule has 7 nitrogen and oxygen atoms in total. The Balaban J connectivity index is 4.83. The zero-order chi connectivity index (χ0) is 22.1. The molecule has 0 heterocycles. The Morgan fingerprint density at radius 3 is 1.86 bits per heavy atom. The summed E-state index contributed by atoms with van der Waals surface area (Å²) in [6, 6.07) is 2.43. The van der Waals surface area contributed by atoms with E-state index in [4.69, 9.17) is 10.2 Å². The minimum absolute atomic E-state index is 0.0815. The summed E-state index contributed by atoms with van der Waals surface area (Å²) in [5.41, 5.74) is 5.45. The molecule has 0 aromatic carbocycles. The highest BCUT2D eigenvalue weighted by molar-refractivity contribution is 6.73. The van der Waals surface area contributed by atoms with Gasteiger partial charge in [0.25, 0.3) is 0 Å². The molecule has 0 aromatic rings. The quantitative estimate of drug-likeness (QED) is 0.468. The number of carbonyl (C=O) groups excluding carboxylic acids is 3. The minimum atomic E-state index is -1.77. The lowest BCUT2D eigenvalue weighted by Crippen LogP contribution is -2.50. The molecule has 2 N–H and O–H groups in total. The Labute approximate surface area is 172 Å². The highest BCUT2D eigenvalue weighted by Gasteiger charge is 2.32. The number of likely N-dealkylation sites (N-methyl/N-ethyl adjacent to an activating group) is 2. The van der Waals surface area contributed by atoms with Crippen LogP contribution in [0.25, 0.3) is 0 Å². The summed E-state index contributed by atoms with van der Waals surface area (Å²) in [4.78, 5) is 39.5. The highest BCUT2D eigenvalue weighted by atomic mass is 28.4. The largest absolute Gasteiger partial charge is 0.414 e. The second-order valence-electron chi connectivity index (χ2n) is 8.18. The molecule has 0 rings (SSSR count). The van der Waals surface area contributed by atoms with Crippen molar-refractivity contribution < 1.29 is 18.8 Å². The van der Waals surface area contributed by atoms with Crippen LogP contribution in [0.4, 0.5) is 0 Å². The Kier molecular flexibility index (Phi) is 11.6. The first-order valence-electron chi connectivity index (χ1n) is 10.4. The van der Waals surface area contributed by atoms with Gasteiger partial charge in [0, 0.05) is 14.1 Å². The first-order chi connectivity index (χ1) is 12.9. The average Bonchev–Trinajstić information content (AvgIpc) is 2.63. The lowest BCUT2D eigenvalue weighted by atomic mass is 10.0. The number of primary amides is 1. The van der Waals surface area contributed by atoms with Gasteiger partial charge in [-0.25, -0.2) is 0 Å². The van der Waals surface area contributed by atoms with Gasteiger partial charge in [0.1, 0.15) is 6.04 Å². The molecule has 0 radical (unpaired) electrons. The second kappa shape index (κ2) is 12.2. The Morgan fingerprint density at radius 2 is 1.46 bits per heavy atom. The maximum absolute atomic E-state index is 12.5. The molecule has 0 aromatic heterocycles. The van der Waals surface area contributed by atoms with E-state index in [1.807, 2.05) is 20.8 Å². The Hall–Kier alpha value is -1.41. The average molecular weight is 416 g/mol. The van der Waals surface area contributed by atoms with Crippen LogP contribution >= 0.6 is 0 Å². The Morgan fingerprint density at radius 1 is 0.964 bits per heavy atom. The molecule has 8 heteroatoms. The van der Waals surface area contributed by atoms with Gasteiger partial charge >= 0.3 is 0 Å². The van der Waals surface area contributed by atoms with E-state index in [9.17, 15) is 14.4 Å². The molecular formula is C20H41N3O4Si. The second-order valence-corrected chi connectivity index (χ2v) is 12.9. The predicted octanol–water partition coefficient (Wildman–Crippen LogP) is 2.60. The van der Waals surface area contributed by atoms with Crippen molar-refractivity contribution in [2.75, 3.05) is 20.6 Å². The topological polar surface area (TPSA) is 92.9 Å². The van der Waals surface area contributed by atoms with Crippen LogP contribution in [0.1, 0.15) is 54.4 Å². The van der Waals surface area contributed by atoms with Crippen LogP contribution in [0.2, 0.25) is 18.1 Å². The molecular weight excluding hydrogens is 374 g/mol. The number of carbonyl (C=O) groups is 3. The fourth-order valence-electron chi connectivity index (χ4n) is 3.36. The van der Waals surface area contributed by atoms with Gasteiger partial charge in [-0.3, -0.25) is 14.4 Å². The number of rotatable bonds is 13. The van der Waals surface area contributed by atoms with E-state index in [1.54, 1.807) is 14.1 Å². The number of hydrogen-bond donors (Lipinski definition) is 1. The molecule has 3 amide bonds. The van der Waals surface area contributed by atoms with Crippen LogP contribution < -0.4 is 5.73 Å². The maximum atomic E-state index is 12.5. The van der Waals surface area contributed by atoms with Crippen molar-refractivity contribution in [2.24, 2.45) is 11.7 Å². The third-order valence-corrected chi connectivity index (χ3v) is 10.3. The molecule has 0 unspecified atom stereocenters. The smallest absolute Gasteiger partial charge is 0.242 e. The van der Waals surface area contributed by atoms with Crippen molar-refractivity contribution in [1.29, 1.82) is 0 Å². The van der Waals surface area contributed by atoms with E-state index in [1.165, 1.54) is 9.80 Å². The molecule has 0 aliphatic heterocycles. The van der Waals surface area contributed by atoms with Crippen molar-refractivity contribution in [3.63, 3.8) is 0 Å². The fourth-order valence-corrected chi connectivity index (χ4v) is 6.30. The standard InChI is InChI=1S/C20H41N3O4Si/c1-9-28(10-2,11-3)27-16(6)13-18(24)22(7)14-19(25)23(8)17(20(21)26)12-15(4)5/h15-17H,9-14H2,1-8H3,(H2,21,26)/t16-,17+/m1/s1. The summed E-state index contributed by atoms with van der Waals surface area (Å²) < 4.78 is 6.31. The summed E-state index contributed by atoms with van der Waals surface area (Å²) in [6.07, 6.45) is 0.569. The molecule has 0 saturated carbocycles. The SMILES string of the molecule is CC[Si](CC)(CC)O[C@H](C)CC(=O)N(C)CC(=O)N(C)[C@@H](CC(C)C)C(N)=O. The fraction of sp³-hybridized carbons (Fsp3) is 0.850. The summed E-state index contributed by atoms with van der Waals surface area (Å²) in [5.74, 6) is -0.737. The van der Waals surface area contributed by atoms with Crippen molar-refractivity contribution in [1.82, 2.24) is 9.80 Å². The third-order valence-electron chi connectivity index (χ3n) is 5.53. The van der Waals surface area contributed by atoms with Gasteiger partial charge in [-0.05, 0) is 37.4 Å². The normalized spacial score (nSPS) is 13.9. The van der Waals surface area contributed by atoms with E-state index in [0.717, 1.165) is 18.1 Å². The third kappa shape index (κ3) is 8.30.